The number of hydrogen-bond acceptors (Lipinski definition) is 3. The van der Waals surface area contributed by atoms with Crippen LogP contribution in [-0.2, 0) is 4.43 Å². The summed E-state index contributed by atoms with van der Waals surface area (Å²) in [5.74, 6) is 0. The van der Waals surface area contributed by atoms with Crippen LogP contribution in [0.1, 0.15) is 43.3 Å². The molecule has 146 valence electrons. The Labute approximate surface area is 167 Å². The van der Waals surface area contributed by atoms with Gasteiger partial charge in [-0.3, -0.25) is 0 Å². The molecule has 3 nitrogen and oxygen atoms in total. The lowest BCUT2D eigenvalue weighted by molar-refractivity contribution is 0.0181. The molecule has 27 heavy (non-hydrogen) atoms. The predicted octanol–water partition coefficient (Wildman–Crippen LogP) is 3.07. The highest BCUT2D eigenvalue weighted by Crippen LogP contribution is 2.37. The molecule has 2 aromatic carbocycles. The van der Waals surface area contributed by atoms with Gasteiger partial charge in [-0.05, 0) is 35.2 Å². The van der Waals surface area contributed by atoms with Crippen LogP contribution in [0.5, 0.6) is 0 Å². The molecule has 0 amide bonds. The third-order valence-corrected chi connectivity index (χ3v) is 10.3. The second-order valence-electron chi connectivity index (χ2n) is 8.85. The fraction of sp³-hybridized carbons (Fsp3) is 0.478. The largest absolute Gasteiger partial charge is 0.406 e. The van der Waals surface area contributed by atoms with E-state index in [-0.39, 0.29) is 5.04 Å². The summed E-state index contributed by atoms with van der Waals surface area (Å²) in [5, 5.41) is 15.3. The zero-order chi connectivity index (χ0) is 21.3. The summed E-state index contributed by atoms with van der Waals surface area (Å²) in [6.45, 7) is 6.72. The average molecular weight is 386 g/mol. The van der Waals surface area contributed by atoms with Crippen molar-refractivity contribution in [3.63, 3.8) is 0 Å². The number of hydrogen-bond donors (Lipinski definition) is 2. The summed E-state index contributed by atoms with van der Waals surface area (Å²) in [6.07, 6.45) is 1.08. The number of rotatable bonds is 5. The smallest absolute Gasteiger partial charge is 0.261 e. The zero-order valence-corrected chi connectivity index (χ0v) is 17.8. The van der Waals surface area contributed by atoms with Crippen LogP contribution in [0.3, 0.4) is 0 Å². The summed E-state index contributed by atoms with van der Waals surface area (Å²) < 4.78 is 24.5. The maximum Gasteiger partial charge on any atom is 0.261 e. The molecule has 2 atom stereocenters. The van der Waals surface area contributed by atoms with E-state index in [4.69, 9.17) is 7.17 Å². The topological polar surface area (TPSA) is 41.5 Å². The average Bonchev–Trinajstić information content (AvgIpc) is 2.66. The summed E-state index contributed by atoms with van der Waals surface area (Å²) in [6, 6.07) is 19.8. The molecule has 0 spiro atoms. The van der Waals surface area contributed by atoms with Gasteiger partial charge in [0.25, 0.3) is 8.32 Å². The maximum atomic E-state index is 10.3. The Bertz CT molecular complexity index is 757. The van der Waals surface area contributed by atoms with Gasteiger partial charge in [0.1, 0.15) is 0 Å². The van der Waals surface area contributed by atoms with E-state index in [0.717, 1.165) is 10.4 Å². The van der Waals surface area contributed by atoms with Crippen LogP contribution in [0, 0.1) is 0 Å². The molecule has 0 aliphatic carbocycles. The van der Waals surface area contributed by atoms with Crippen LogP contribution in [0.2, 0.25) is 5.04 Å². The molecule has 0 saturated carbocycles. The summed E-state index contributed by atoms with van der Waals surface area (Å²) in [7, 11) is -2.98. The molecule has 1 aliphatic heterocycles. The van der Waals surface area contributed by atoms with Gasteiger partial charge >= 0.3 is 0 Å². The minimum atomic E-state index is -2.98. The summed E-state index contributed by atoms with van der Waals surface area (Å²) in [5.41, 5.74) is -0.802. The zero-order valence-electron chi connectivity index (χ0n) is 18.8. The van der Waals surface area contributed by atoms with Gasteiger partial charge in [-0.25, -0.2) is 0 Å². The molecule has 3 rings (SSSR count). The van der Waals surface area contributed by atoms with Gasteiger partial charge in [0.05, 0.1) is 14.9 Å². The van der Waals surface area contributed by atoms with Crippen molar-refractivity contribution in [1.29, 1.82) is 0 Å². The predicted molar refractivity (Wildman–Crippen MR) is 115 cm³/mol. The molecule has 1 saturated heterocycles. The van der Waals surface area contributed by atoms with E-state index in [1.807, 2.05) is 36.4 Å². The van der Waals surface area contributed by atoms with Gasteiger partial charge in [0.15, 0.2) is 0 Å². The number of nitrogens with one attached hydrogen (secondary N) is 1. The highest BCUT2D eigenvalue weighted by molar-refractivity contribution is 6.99. The molecule has 1 heterocycles. The van der Waals surface area contributed by atoms with E-state index in [1.165, 1.54) is 0 Å². The first-order chi connectivity index (χ1) is 13.5. The van der Waals surface area contributed by atoms with Gasteiger partial charge in [-0.2, -0.15) is 0 Å². The minimum Gasteiger partial charge on any atom is -0.406 e. The van der Waals surface area contributed by atoms with Crippen molar-refractivity contribution in [3.05, 3.63) is 60.7 Å². The number of aliphatic hydroxyl groups is 1. The van der Waals surface area contributed by atoms with Crippen molar-refractivity contribution in [1.82, 2.24) is 5.32 Å². The molecule has 0 radical (unpaired) electrons. The number of β-amino-alcohol motifs (C(OH)–C–C–N with tert-alkyl or cyclic N) is 1. The van der Waals surface area contributed by atoms with Crippen molar-refractivity contribution >= 4 is 18.7 Å². The Morgan fingerprint density at radius 3 is 2.04 bits per heavy atom. The van der Waals surface area contributed by atoms with E-state index in [0.29, 0.717) is 19.4 Å². The van der Waals surface area contributed by atoms with E-state index < -0.39 is 26.5 Å². The van der Waals surface area contributed by atoms with E-state index in [2.05, 4.69) is 50.4 Å². The van der Waals surface area contributed by atoms with Crippen LogP contribution in [0.25, 0.3) is 0 Å². The normalized spacial score (nSPS) is 25.6. The van der Waals surface area contributed by atoms with Gasteiger partial charge < -0.3 is 14.8 Å². The van der Waals surface area contributed by atoms with E-state index in [9.17, 15) is 5.11 Å². The molecular formula is C23H33NO2Si. The SMILES string of the molecule is [2H]C([2H])(O[Si](c1ccccc1)(c1ccccc1)C(C)(C)C)[C@H]1CC[C@@](C)(O)CN1. The quantitative estimate of drug-likeness (QED) is 0.777. The first kappa shape index (κ1) is 17.6. The van der Waals surface area contributed by atoms with Crippen LogP contribution >= 0.6 is 0 Å². The lowest BCUT2D eigenvalue weighted by atomic mass is 9.93. The Morgan fingerprint density at radius 2 is 1.63 bits per heavy atom. The fourth-order valence-corrected chi connectivity index (χ4v) is 8.15. The number of piperidine rings is 1. The van der Waals surface area contributed by atoms with E-state index >= 15 is 0 Å². The minimum absolute atomic E-state index is 0.288. The molecule has 2 N–H and O–H groups in total. The molecule has 4 heteroatoms. The van der Waals surface area contributed by atoms with Gasteiger partial charge in [-0.1, -0.05) is 81.4 Å². The molecule has 1 aliphatic rings. The second kappa shape index (κ2) is 7.88. The van der Waals surface area contributed by atoms with E-state index in [1.54, 1.807) is 6.92 Å². The lowest BCUT2D eigenvalue weighted by Gasteiger charge is -2.44. The maximum absolute atomic E-state index is 10.3. The third kappa shape index (κ3) is 4.35. The molecule has 1 fully saturated rings. The van der Waals surface area contributed by atoms with Crippen molar-refractivity contribution in [3.8, 4) is 0 Å². The van der Waals surface area contributed by atoms with Crippen molar-refractivity contribution in [2.75, 3.05) is 13.1 Å². The Hall–Kier alpha value is -1.46. The fourth-order valence-electron chi connectivity index (χ4n) is 3.90. The third-order valence-electron chi connectivity index (χ3n) is 5.47. The molecular weight excluding hydrogens is 350 g/mol. The first-order valence-electron chi connectivity index (χ1n) is 10.7. The van der Waals surface area contributed by atoms with Crippen LogP contribution in [0.4, 0.5) is 0 Å². The van der Waals surface area contributed by atoms with Crippen LogP contribution < -0.4 is 15.7 Å². The Kier molecular flexibility index (Phi) is 5.14. The Morgan fingerprint density at radius 1 is 1.11 bits per heavy atom. The van der Waals surface area contributed by atoms with Gasteiger partial charge in [0.2, 0.25) is 0 Å². The van der Waals surface area contributed by atoms with Gasteiger partial charge in [-0.15, -0.1) is 0 Å². The van der Waals surface area contributed by atoms with Gasteiger partial charge in [0, 0.05) is 12.6 Å². The second-order valence-corrected chi connectivity index (χ2v) is 13.1. The van der Waals surface area contributed by atoms with Crippen molar-refractivity contribution in [2.24, 2.45) is 0 Å². The molecule has 0 bridgehead atoms. The standard InChI is InChI=1S/C23H33NO2Si/c1-22(2,3)27(20-11-7-5-8-12-20,21-13-9-6-10-14-21)26-17-19-15-16-23(4,25)18-24-19/h5-14,19,24-25H,15-18H2,1-4H3/t19-,23-/m1/s1/i17D2. The lowest BCUT2D eigenvalue weighted by Crippen LogP contribution is -2.67. The molecule has 0 unspecified atom stereocenters. The van der Waals surface area contributed by atoms with Crippen LogP contribution in [0.15, 0.2) is 60.7 Å². The summed E-state index contributed by atoms with van der Waals surface area (Å²) in [4.78, 5) is 0. The number of benzene rings is 2. The molecule has 0 aromatic heterocycles. The summed E-state index contributed by atoms with van der Waals surface area (Å²) >= 11 is 0. The highest BCUT2D eigenvalue weighted by atomic mass is 28.4. The monoisotopic (exact) mass is 385 g/mol. The van der Waals surface area contributed by atoms with Crippen LogP contribution in [-0.4, -0.2) is 38.2 Å². The van der Waals surface area contributed by atoms with Crippen molar-refractivity contribution < 1.29 is 12.3 Å². The highest BCUT2D eigenvalue weighted by Gasteiger charge is 2.50. The molecule has 2 aromatic rings. The Balaban J connectivity index is 2.08. The van der Waals surface area contributed by atoms with Crippen molar-refractivity contribution in [2.45, 2.75) is 57.2 Å². The first-order valence-corrected chi connectivity index (χ1v) is 11.7.